The summed E-state index contributed by atoms with van der Waals surface area (Å²) in [6, 6.07) is 13.8. The summed E-state index contributed by atoms with van der Waals surface area (Å²) in [7, 11) is 0. The van der Waals surface area contributed by atoms with Crippen molar-refractivity contribution < 1.29 is 14.2 Å². The van der Waals surface area contributed by atoms with E-state index in [1.54, 1.807) is 24.3 Å². The van der Waals surface area contributed by atoms with Crippen LogP contribution in [0, 0.1) is 5.82 Å². The number of rotatable bonds is 1. The minimum atomic E-state index is -0.746. The average Bonchev–Trinajstić information content (AvgIpc) is 2.44. The number of aliphatic hydroxyl groups is 1. The molecule has 0 saturated carbocycles. The second kappa shape index (κ2) is 4.86. The van der Waals surface area contributed by atoms with Crippen molar-refractivity contribution in [2.24, 2.45) is 0 Å². The van der Waals surface area contributed by atoms with Crippen molar-refractivity contribution in [1.29, 1.82) is 0 Å². The van der Waals surface area contributed by atoms with Crippen molar-refractivity contribution in [1.82, 2.24) is 0 Å². The van der Waals surface area contributed by atoms with Crippen molar-refractivity contribution in [3.63, 3.8) is 0 Å². The van der Waals surface area contributed by atoms with E-state index in [9.17, 15) is 9.50 Å². The predicted molar refractivity (Wildman–Crippen MR) is 71.3 cm³/mol. The van der Waals surface area contributed by atoms with Gasteiger partial charge in [0.2, 0.25) is 0 Å². The summed E-state index contributed by atoms with van der Waals surface area (Å²) in [4.78, 5) is 0. The summed E-state index contributed by atoms with van der Waals surface area (Å²) >= 11 is 0. The maximum Gasteiger partial charge on any atom is 0.130 e. The first-order valence-electron chi connectivity index (χ1n) is 6.10. The van der Waals surface area contributed by atoms with Crippen LogP contribution in [-0.2, 0) is 0 Å². The maximum atomic E-state index is 13.6. The molecular formula is C16H13FO2. The normalized spacial score (nSPS) is 19.9. The largest absolute Gasteiger partial charge is 0.489 e. The molecule has 1 aliphatic rings. The highest BCUT2D eigenvalue weighted by Gasteiger charge is 2.23. The Balaban J connectivity index is 1.98. The minimum Gasteiger partial charge on any atom is -0.489 e. The van der Waals surface area contributed by atoms with Gasteiger partial charge in [0.25, 0.3) is 0 Å². The topological polar surface area (TPSA) is 29.5 Å². The van der Waals surface area contributed by atoms with Crippen LogP contribution in [0.2, 0.25) is 0 Å². The summed E-state index contributed by atoms with van der Waals surface area (Å²) in [5.41, 5.74) is 1.83. The molecule has 3 heteroatoms. The zero-order valence-electron chi connectivity index (χ0n) is 10.2. The molecule has 1 heterocycles. The summed E-state index contributed by atoms with van der Waals surface area (Å²) in [5, 5.41) is 10.3. The fourth-order valence-electron chi connectivity index (χ4n) is 2.19. The fourth-order valence-corrected chi connectivity index (χ4v) is 2.19. The van der Waals surface area contributed by atoms with Crippen molar-refractivity contribution in [2.75, 3.05) is 6.61 Å². The van der Waals surface area contributed by atoms with E-state index >= 15 is 0 Å². The molecule has 3 rings (SSSR count). The Morgan fingerprint density at radius 2 is 1.84 bits per heavy atom. The standard InChI is InChI=1S/C16H13FO2/c17-14-7-3-1-5-11(14)9-12-10-19-15-8-4-2-6-13(15)16(12)18/h1-9,16,18H,10H2/b12-9-. The van der Waals surface area contributed by atoms with Crippen molar-refractivity contribution >= 4 is 6.08 Å². The van der Waals surface area contributed by atoms with E-state index in [4.69, 9.17) is 4.74 Å². The number of benzene rings is 2. The van der Waals surface area contributed by atoms with E-state index in [1.165, 1.54) is 6.07 Å². The van der Waals surface area contributed by atoms with E-state index < -0.39 is 6.10 Å². The molecule has 0 saturated heterocycles. The van der Waals surface area contributed by atoms with E-state index in [-0.39, 0.29) is 12.4 Å². The van der Waals surface area contributed by atoms with Gasteiger partial charge in [-0.05, 0) is 18.2 Å². The van der Waals surface area contributed by atoms with Crippen molar-refractivity contribution in [2.45, 2.75) is 6.10 Å². The number of halogens is 1. The highest BCUT2D eigenvalue weighted by Crippen LogP contribution is 2.35. The van der Waals surface area contributed by atoms with E-state index in [2.05, 4.69) is 0 Å². The summed E-state index contributed by atoms with van der Waals surface area (Å²) in [6.45, 7) is 0.270. The number of fused-ring (bicyclic) bond motifs is 1. The second-order valence-corrected chi connectivity index (χ2v) is 4.47. The molecule has 96 valence electrons. The van der Waals surface area contributed by atoms with Gasteiger partial charge in [0, 0.05) is 16.7 Å². The van der Waals surface area contributed by atoms with E-state index in [0.29, 0.717) is 16.9 Å². The Morgan fingerprint density at radius 3 is 2.68 bits per heavy atom. The van der Waals surface area contributed by atoms with Crippen LogP contribution in [0.1, 0.15) is 17.2 Å². The van der Waals surface area contributed by atoms with Crippen LogP contribution in [0.3, 0.4) is 0 Å². The Labute approximate surface area is 110 Å². The number of para-hydroxylation sites is 1. The lowest BCUT2D eigenvalue weighted by molar-refractivity contribution is 0.172. The van der Waals surface area contributed by atoms with Crippen molar-refractivity contribution in [3.8, 4) is 5.75 Å². The third kappa shape index (κ3) is 2.25. The molecule has 1 N–H and O–H groups in total. The molecule has 0 fully saturated rings. The van der Waals surface area contributed by atoms with Gasteiger partial charge in [0.15, 0.2) is 0 Å². The van der Waals surface area contributed by atoms with Gasteiger partial charge in [-0.2, -0.15) is 0 Å². The van der Waals surface area contributed by atoms with Crippen LogP contribution in [0.15, 0.2) is 54.1 Å². The molecule has 1 aliphatic heterocycles. The number of ether oxygens (including phenoxy) is 1. The SMILES string of the molecule is OC1/C(=C\c2ccccc2F)COc2ccccc21. The average molecular weight is 256 g/mol. The monoisotopic (exact) mass is 256 g/mol. The fraction of sp³-hybridized carbons (Fsp3) is 0.125. The third-order valence-electron chi connectivity index (χ3n) is 3.21. The van der Waals surface area contributed by atoms with Crippen LogP contribution in [0.4, 0.5) is 4.39 Å². The third-order valence-corrected chi connectivity index (χ3v) is 3.21. The molecule has 2 aromatic carbocycles. The Bertz CT molecular complexity index is 634. The van der Waals surface area contributed by atoms with Gasteiger partial charge in [0.1, 0.15) is 24.3 Å². The quantitative estimate of drug-likeness (QED) is 0.848. The van der Waals surface area contributed by atoms with Crippen LogP contribution in [0.5, 0.6) is 5.75 Å². The maximum absolute atomic E-state index is 13.6. The lowest BCUT2D eigenvalue weighted by Gasteiger charge is -2.25. The van der Waals surface area contributed by atoms with Gasteiger partial charge < -0.3 is 9.84 Å². The molecule has 2 nitrogen and oxygen atoms in total. The van der Waals surface area contributed by atoms with Crippen LogP contribution < -0.4 is 4.74 Å². The van der Waals surface area contributed by atoms with E-state index in [0.717, 1.165) is 5.56 Å². The molecule has 0 aromatic heterocycles. The van der Waals surface area contributed by atoms with Crippen LogP contribution in [-0.4, -0.2) is 11.7 Å². The molecule has 0 amide bonds. The first-order valence-corrected chi connectivity index (χ1v) is 6.10. The molecule has 2 aromatic rings. The van der Waals surface area contributed by atoms with E-state index in [1.807, 2.05) is 24.3 Å². The summed E-state index contributed by atoms with van der Waals surface area (Å²) < 4.78 is 19.2. The van der Waals surface area contributed by atoms with Gasteiger partial charge in [-0.1, -0.05) is 36.4 Å². The summed E-state index contributed by atoms with van der Waals surface area (Å²) in [5.74, 6) is 0.377. The molecule has 0 aliphatic carbocycles. The molecule has 19 heavy (non-hydrogen) atoms. The lowest BCUT2D eigenvalue weighted by atomic mass is 9.97. The van der Waals surface area contributed by atoms with Crippen molar-refractivity contribution in [3.05, 3.63) is 71.0 Å². The predicted octanol–water partition coefficient (Wildman–Crippen LogP) is 3.34. The first-order chi connectivity index (χ1) is 9.25. The number of aliphatic hydroxyl groups excluding tert-OH is 1. The smallest absolute Gasteiger partial charge is 0.130 e. The molecule has 0 bridgehead atoms. The molecule has 0 spiro atoms. The molecule has 1 atom stereocenters. The number of hydrogen-bond donors (Lipinski definition) is 1. The zero-order valence-corrected chi connectivity index (χ0v) is 10.2. The molecular weight excluding hydrogens is 243 g/mol. The molecule has 0 radical (unpaired) electrons. The van der Waals surface area contributed by atoms with Gasteiger partial charge in [-0.3, -0.25) is 0 Å². The highest BCUT2D eigenvalue weighted by molar-refractivity contribution is 5.57. The Morgan fingerprint density at radius 1 is 1.11 bits per heavy atom. The van der Waals surface area contributed by atoms with Gasteiger partial charge >= 0.3 is 0 Å². The number of hydrogen-bond acceptors (Lipinski definition) is 2. The Hall–Kier alpha value is -2.13. The molecule has 1 unspecified atom stereocenters. The van der Waals surface area contributed by atoms with Gasteiger partial charge in [-0.25, -0.2) is 4.39 Å². The highest BCUT2D eigenvalue weighted by atomic mass is 19.1. The van der Waals surface area contributed by atoms with Crippen LogP contribution >= 0.6 is 0 Å². The Kier molecular flexibility index (Phi) is 3.05. The lowest BCUT2D eigenvalue weighted by Crippen LogP contribution is -2.17. The minimum absolute atomic E-state index is 0.270. The second-order valence-electron chi connectivity index (χ2n) is 4.47. The summed E-state index contributed by atoms with van der Waals surface area (Å²) in [6.07, 6.45) is 0.903. The zero-order chi connectivity index (χ0) is 13.2. The first kappa shape index (κ1) is 11.9. The van der Waals surface area contributed by atoms with Gasteiger partial charge in [0.05, 0.1) is 0 Å². The van der Waals surface area contributed by atoms with Gasteiger partial charge in [-0.15, -0.1) is 0 Å². The van der Waals surface area contributed by atoms with Crippen LogP contribution in [0.25, 0.3) is 6.08 Å².